The van der Waals surface area contributed by atoms with Gasteiger partial charge in [-0.15, -0.1) is 0 Å². The molecule has 37 heavy (non-hydrogen) atoms. The van der Waals surface area contributed by atoms with Crippen LogP contribution in [0.3, 0.4) is 0 Å². The number of sulfonamides is 1. The van der Waals surface area contributed by atoms with E-state index in [1.807, 2.05) is 54.6 Å². The minimum Gasteiger partial charge on any atom is -0.366 e. The average Bonchev–Trinajstić information content (AvgIpc) is 3.27. The van der Waals surface area contributed by atoms with Crippen molar-refractivity contribution in [3.8, 4) is 11.3 Å². The molecule has 0 saturated heterocycles. The summed E-state index contributed by atoms with van der Waals surface area (Å²) in [5, 5.41) is 8.40. The molecule has 2 heterocycles. The van der Waals surface area contributed by atoms with E-state index < -0.39 is 15.8 Å². The number of rotatable bonds is 8. The maximum Gasteiger partial charge on any atom is 0.240 e. The lowest BCUT2D eigenvalue weighted by Crippen LogP contribution is -2.23. The molecule has 0 spiro atoms. The van der Waals surface area contributed by atoms with Crippen LogP contribution in [0.5, 0.6) is 0 Å². The molecule has 0 aliphatic carbocycles. The van der Waals surface area contributed by atoms with E-state index in [4.69, 9.17) is 16.6 Å². The van der Waals surface area contributed by atoms with Crippen LogP contribution in [0.15, 0.2) is 94.4 Å². The Labute approximate surface area is 226 Å². The predicted octanol–water partition coefficient (Wildman–Crippen LogP) is 6.04. The second-order valence-electron chi connectivity index (χ2n) is 8.19. The van der Waals surface area contributed by atoms with Gasteiger partial charge < -0.3 is 5.32 Å². The van der Waals surface area contributed by atoms with Crippen molar-refractivity contribution < 1.29 is 12.8 Å². The normalized spacial score (nSPS) is 11.6. The molecule has 5 rings (SSSR count). The molecule has 3 aromatic carbocycles. The molecule has 0 bridgehead atoms. The largest absolute Gasteiger partial charge is 0.366 e. The van der Waals surface area contributed by atoms with Gasteiger partial charge in [0.05, 0.1) is 21.3 Å². The van der Waals surface area contributed by atoms with E-state index in [9.17, 15) is 12.8 Å². The fraction of sp³-hybridized carbons (Fsp3) is 0.0769. The molecule has 0 saturated carbocycles. The monoisotopic (exact) mass is 599 g/mol. The van der Waals surface area contributed by atoms with Gasteiger partial charge in [0.25, 0.3) is 0 Å². The van der Waals surface area contributed by atoms with Gasteiger partial charge >= 0.3 is 0 Å². The third-order valence-electron chi connectivity index (χ3n) is 5.65. The Balaban J connectivity index is 1.30. The number of nitrogens with zero attached hydrogens (tertiary/aromatic N) is 3. The Kier molecular flexibility index (Phi) is 7.25. The second-order valence-corrected chi connectivity index (χ2v) is 11.2. The first-order valence-corrected chi connectivity index (χ1v) is 13.8. The van der Waals surface area contributed by atoms with Crippen molar-refractivity contribution in [3.63, 3.8) is 0 Å². The standard InChI is InChI=1S/C26H20BrClFN5O2S/c27-22-16-31-34-25(13-24(33-26(22)34)21-6-1-2-7-23(21)28)30-14-17-8-10-18(11-9-17)15-32-37(35,36)20-5-3-4-19(29)12-20/h1-13,16,30,32H,14-15H2. The van der Waals surface area contributed by atoms with E-state index >= 15 is 0 Å². The molecule has 0 atom stereocenters. The summed E-state index contributed by atoms with van der Waals surface area (Å²) < 4.78 is 43.2. The molecule has 0 amide bonds. The number of anilines is 1. The van der Waals surface area contributed by atoms with Crippen LogP contribution in [-0.4, -0.2) is 23.0 Å². The summed E-state index contributed by atoms with van der Waals surface area (Å²) in [6, 6.07) is 21.8. The molecule has 0 fully saturated rings. The van der Waals surface area contributed by atoms with Gasteiger partial charge in [-0.25, -0.2) is 22.5 Å². The first-order chi connectivity index (χ1) is 17.8. The van der Waals surface area contributed by atoms with Crippen LogP contribution in [0.1, 0.15) is 11.1 Å². The summed E-state index contributed by atoms with van der Waals surface area (Å²) in [5.74, 6) is 0.130. The second kappa shape index (κ2) is 10.6. The van der Waals surface area contributed by atoms with Crippen molar-refractivity contribution in [1.29, 1.82) is 0 Å². The number of halogens is 3. The van der Waals surface area contributed by atoms with Crippen LogP contribution in [0.4, 0.5) is 10.2 Å². The SMILES string of the molecule is O=S(=O)(NCc1ccc(CNc2cc(-c3ccccc3Cl)nc3c(Br)cnn23)cc1)c1cccc(F)c1. The van der Waals surface area contributed by atoms with Crippen LogP contribution in [0.25, 0.3) is 16.9 Å². The van der Waals surface area contributed by atoms with Gasteiger partial charge in [-0.2, -0.15) is 9.61 Å². The molecule has 2 aromatic heterocycles. The molecule has 0 radical (unpaired) electrons. The van der Waals surface area contributed by atoms with Crippen molar-refractivity contribution >= 4 is 49.0 Å². The lowest BCUT2D eigenvalue weighted by molar-refractivity contribution is 0.577. The topological polar surface area (TPSA) is 88.4 Å². The molecule has 0 unspecified atom stereocenters. The van der Waals surface area contributed by atoms with Gasteiger partial charge in [-0.1, -0.05) is 60.1 Å². The Bertz CT molecular complexity index is 1690. The van der Waals surface area contributed by atoms with E-state index in [0.29, 0.717) is 22.9 Å². The van der Waals surface area contributed by atoms with Crippen LogP contribution >= 0.6 is 27.5 Å². The molecule has 7 nitrogen and oxygen atoms in total. The third kappa shape index (κ3) is 5.67. The molecule has 188 valence electrons. The van der Waals surface area contributed by atoms with Crippen LogP contribution in [0.2, 0.25) is 5.02 Å². The number of benzene rings is 3. The molecule has 11 heteroatoms. The highest BCUT2D eigenvalue weighted by Gasteiger charge is 2.15. The Morgan fingerprint density at radius 1 is 0.946 bits per heavy atom. The van der Waals surface area contributed by atoms with Gasteiger partial charge in [-0.3, -0.25) is 0 Å². The zero-order chi connectivity index (χ0) is 26.0. The molecular weight excluding hydrogens is 581 g/mol. The predicted molar refractivity (Wildman–Crippen MR) is 145 cm³/mol. The number of hydrogen-bond acceptors (Lipinski definition) is 5. The summed E-state index contributed by atoms with van der Waals surface area (Å²) in [4.78, 5) is 4.60. The van der Waals surface area contributed by atoms with Crippen LogP contribution in [-0.2, 0) is 23.1 Å². The molecule has 5 aromatic rings. The highest BCUT2D eigenvalue weighted by Crippen LogP contribution is 2.30. The lowest BCUT2D eigenvalue weighted by atomic mass is 10.1. The molecule has 0 aliphatic heterocycles. The fourth-order valence-electron chi connectivity index (χ4n) is 3.73. The van der Waals surface area contributed by atoms with E-state index in [0.717, 1.165) is 33.0 Å². The quantitative estimate of drug-likeness (QED) is 0.227. The third-order valence-corrected chi connectivity index (χ3v) is 7.94. The van der Waals surface area contributed by atoms with Crippen molar-refractivity contribution in [2.45, 2.75) is 18.0 Å². The smallest absolute Gasteiger partial charge is 0.240 e. The van der Waals surface area contributed by atoms with Crippen molar-refractivity contribution in [3.05, 3.63) is 111 Å². The molecule has 2 N–H and O–H groups in total. The van der Waals surface area contributed by atoms with Gasteiger partial charge in [0.15, 0.2) is 5.65 Å². The summed E-state index contributed by atoms with van der Waals surface area (Å²) in [7, 11) is -3.82. The van der Waals surface area contributed by atoms with Gasteiger partial charge in [0.2, 0.25) is 10.0 Å². The van der Waals surface area contributed by atoms with Gasteiger partial charge in [0, 0.05) is 29.7 Å². The molecular formula is C26H20BrClFN5O2S. The number of hydrogen-bond donors (Lipinski definition) is 2. The highest BCUT2D eigenvalue weighted by molar-refractivity contribution is 9.10. The summed E-state index contributed by atoms with van der Waals surface area (Å²) in [6.45, 7) is 0.577. The van der Waals surface area contributed by atoms with E-state index in [1.54, 1.807) is 10.7 Å². The van der Waals surface area contributed by atoms with Crippen molar-refractivity contribution in [2.75, 3.05) is 5.32 Å². The summed E-state index contributed by atoms with van der Waals surface area (Å²) >= 11 is 9.91. The average molecular weight is 601 g/mol. The molecule has 0 aliphatic rings. The Hall–Kier alpha value is -3.31. The van der Waals surface area contributed by atoms with E-state index in [1.165, 1.54) is 18.2 Å². The van der Waals surface area contributed by atoms with Crippen LogP contribution in [0, 0.1) is 5.82 Å². The number of aromatic nitrogens is 3. The van der Waals surface area contributed by atoms with Crippen molar-refractivity contribution in [1.82, 2.24) is 19.3 Å². The Morgan fingerprint density at radius 3 is 2.41 bits per heavy atom. The minimum atomic E-state index is -3.82. The summed E-state index contributed by atoms with van der Waals surface area (Å²) in [6.07, 6.45) is 1.68. The Morgan fingerprint density at radius 2 is 1.68 bits per heavy atom. The zero-order valence-corrected chi connectivity index (χ0v) is 22.4. The lowest BCUT2D eigenvalue weighted by Gasteiger charge is -2.12. The van der Waals surface area contributed by atoms with E-state index in [2.05, 4.69) is 31.1 Å². The van der Waals surface area contributed by atoms with Crippen LogP contribution < -0.4 is 10.0 Å². The summed E-state index contributed by atoms with van der Waals surface area (Å²) in [5.41, 5.74) is 3.93. The van der Waals surface area contributed by atoms with Gasteiger partial charge in [-0.05, 0) is 51.3 Å². The zero-order valence-electron chi connectivity index (χ0n) is 19.2. The van der Waals surface area contributed by atoms with Gasteiger partial charge in [0.1, 0.15) is 11.6 Å². The minimum absolute atomic E-state index is 0.0834. The number of fused-ring (bicyclic) bond motifs is 1. The number of nitrogens with one attached hydrogen (secondary N) is 2. The maximum absolute atomic E-state index is 13.4. The highest BCUT2D eigenvalue weighted by atomic mass is 79.9. The first kappa shape index (κ1) is 25.3. The fourth-order valence-corrected chi connectivity index (χ4v) is 5.36. The van der Waals surface area contributed by atoms with Crippen molar-refractivity contribution in [2.24, 2.45) is 0 Å². The maximum atomic E-state index is 13.4. The first-order valence-electron chi connectivity index (χ1n) is 11.2. The van der Waals surface area contributed by atoms with E-state index in [-0.39, 0.29) is 11.4 Å².